The van der Waals surface area contributed by atoms with Crippen LogP contribution in [0.25, 0.3) is 43.7 Å². The van der Waals surface area contributed by atoms with Gasteiger partial charge < -0.3 is 4.57 Å². The molecule has 152 valence electrons. The first-order valence-corrected chi connectivity index (χ1v) is 13.7. The van der Waals surface area contributed by atoms with E-state index in [0.717, 1.165) is 0 Å². The molecule has 0 N–H and O–H groups in total. The fraction of sp³-hybridized carbons (Fsp3) is 0.0345. The molecule has 6 aromatic rings. The van der Waals surface area contributed by atoms with Gasteiger partial charge in [-0.2, -0.15) is 0 Å². The Hall–Kier alpha value is -3.19. The zero-order valence-electron chi connectivity index (χ0n) is 17.6. The molecule has 1 unspecified atom stereocenters. The van der Waals surface area contributed by atoms with Crippen molar-refractivity contribution in [2.45, 2.75) is 0 Å². The van der Waals surface area contributed by atoms with Gasteiger partial charge in [0.15, 0.2) is 0 Å². The molecule has 1 nitrogen and oxygen atoms in total. The minimum atomic E-state index is -2.09. The molecule has 7 rings (SSSR count). The molecule has 3 heteroatoms. The molecule has 2 heterocycles. The zero-order valence-corrected chi connectivity index (χ0v) is 19.3. The van der Waals surface area contributed by atoms with Crippen LogP contribution in [0.15, 0.2) is 103 Å². The van der Waals surface area contributed by atoms with Crippen LogP contribution in [0.5, 0.6) is 0 Å². The third-order valence-electron chi connectivity index (χ3n) is 6.98. The predicted molar refractivity (Wildman–Crippen MR) is 143 cm³/mol. The monoisotopic (exact) mass is 445 g/mol. The highest BCUT2D eigenvalue weighted by Gasteiger charge is 2.37. The van der Waals surface area contributed by atoms with Gasteiger partial charge in [-0.05, 0) is 33.8 Å². The number of aromatic nitrogens is 1. The van der Waals surface area contributed by atoms with Gasteiger partial charge >= 0.3 is 0 Å². The summed E-state index contributed by atoms with van der Waals surface area (Å²) in [6.07, 6.45) is 0. The van der Waals surface area contributed by atoms with Gasteiger partial charge in [0.1, 0.15) is 0 Å². The molecule has 1 aliphatic heterocycles. The molecule has 0 aliphatic carbocycles. The molecule has 0 saturated heterocycles. The maximum Gasteiger partial charge on any atom is 0.0575 e. The van der Waals surface area contributed by atoms with E-state index in [1.165, 1.54) is 59.6 Å². The quantitative estimate of drug-likeness (QED) is 0.272. The summed E-state index contributed by atoms with van der Waals surface area (Å²) in [4.78, 5) is 0. The van der Waals surface area contributed by atoms with E-state index in [1.54, 1.807) is 0 Å². The molecule has 0 fully saturated rings. The largest absolute Gasteiger partial charge is 0.343 e. The average Bonchev–Trinajstić information content (AvgIpc) is 3.28. The molecular formula is C29H20NPS. The molecule has 1 aliphatic rings. The molecule has 0 spiro atoms. The van der Waals surface area contributed by atoms with Crippen LogP contribution in [0.4, 0.5) is 0 Å². The van der Waals surface area contributed by atoms with Gasteiger partial charge in [-0.25, -0.2) is 0 Å². The van der Waals surface area contributed by atoms with Crippen molar-refractivity contribution in [2.24, 2.45) is 7.05 Å². The second kappa shape index (κ2) is 6.42. The maximum atomic E-state index is 6.60. The summed E-state index contributed by atoms with van der Waals surface area (Å²) >= 11 is 6.60. The minimum Gasteiger partial charge on any atom is -0.343 e. The second-order valence-corrected chi connectivity index (χ2v) is 12.9. The van der Waals surface area contributed by atoms with Crippen LogP contribution >= 0.6 is 6.04 Å². The fourth-order valence-electron chi connectivity index (χ4n) is 5.52. The number of hydrogen-bond donors (Lipinski definition) is 0. The van der Waals surface area contributed by atoms with Gasteiger partial charge in [-0.3, -0.25) is 0 Å². The summed E-state index contributed by atoms with van der Waals surface area (Å²) in [5, 5.41) is 9.08. The Morgan fingerprint density at radius 3 is 2.16 bits per heavy atom. The summed E-state index contributed by atoms with van der Waals surface area (Å²) < 4.78 is 2.38. The highest BCUT2D eigenvalue weighted by Crippen LogP contribution is 2.54. The van der Waals surface area contributed by atoms with E-state index in [1.807, 2.05) is 0 Å². The lowest BCUT2D eigenvalue weighted by atomic mass is 10.0. The molecule has 0 radical (unpaired) electrons. The number of fused-ring (bicyclic) bond motifs is 8. The lowest BCUT2D eigenvalue weighted by molar-refractivity contribution is 1.02. The minimum absolute atomic E-state index is 1.27. The van der Waals surface area contributed by atoms with Crippen molar-refractivity contribution >= 4 is 66.3 Å². The summed E-state index contributed by atoms with van der Waals surface area (Å²) in [6.45, 7) is 0. The Labute approximate surface area is 191 Å². The highest BCUT2D eigenvalue weighted by atomic mass is 32.4. The van der Waals surface area contributed by atoms with Gasteiger partial charge in [0.25, 0.3) is 0 Å². The standard InChI is InChI=1S/C29H20NPS/c1-30-25-18-20-10-6-5-9-19(20)17-24(25)22-15-16-27-28(29(22)30)23-13-7-8-14-26(23)31(27,32)21-11-3-2-4-12-21/h2-18H,1H3. The molecule has 0 amide bonds. The fourth-order valence-corrected chi connectivity index (χ4v) is 9.88. The first-order chi connectivity index (χ1) is 15.7. The van der Waals surface area contributed by atoms with E-state index in [2.05, 4.69) is 115 Å². The number of benzene rings is 5. The van der Waals surface area contributed by atoms with Crippen molar-refractivity contribution in [1.82, 2.24) is 4.57 Å². The number of hydrogen-bond acceptors (Lipinski definition) is 1. The van der Waals surface area contributed by atoms with E-state index < -0.39 is 6.04 Å². The number of nitrogens with zero attached hydrogens (tertiary/aromatic N) is 1. The van der Waals surface area contributed by atoms with Crippen molar-refractivity contribution in [3.8, 4) is 11.1 Å². The Morgan fingerprint density at radius 1 is 0.656 bits per heavy atom. The molecule has 32 heavy (non-hydrogen) atoms. The van der Waals surface area contributed by atoms with Crippen molar-refractivity contribution in [1.29, 1.82) is 0 Å². The maximum absolute atomic E-state index is 6.60. The van der Waals surface area contributed by atoms with E-state index in [4.69, 9.17) is 11.8 Å². The zero-order chi connectivity index (χ0) is 21.4. The summed E-state index contributed by atoms with van der Waals surface area (Å²) in [6, 6.07) is 35.4. The Balaban J connectivity index is 1.67. The van der Waals surface area contributed by atoms with Crippen LogP contribution in [-0.4, -0.2) is 4.57 Å². The van der Waals surface area contributed by atoms with Gasteiger partial charge in [0, 0.05) is 45.5 Å². The normalized spacial score (nSPS) is 17.2. The van der Waals surface area contributed by atoms with Gasteiger partial charge in [0.2, 0.25) is 0 Å². The Kier molecular flexibility index (Phi) is 3.69. The molecule has 5 aromatic carbocycles. The SMILES string of the molecule is Cn1c2cc3ccccc3cc2c2ccc3c(c21)-c1ccccc1P3(=S)c1ccccc1. The molecular weight excluding hydrogens is 425 g/mol. The Morgan fingerprint density at radius 2 is 1.34 bits per heavy atom. The smallest absolute Gasteiger partial charge is 0.0575 e. The third kappa shape index (κ3) is 2.21. The van der Waals surface area contributed by atoms with Crippen molar-refractivity contribution < 1.29 is 0 Å². The highest BCUT2D eigenvalue weighted by molar-refractivity contribution is 8.26. The van der Waals surface area contributed by atoms with E-state index >= 15 is 0 Å². The lowest BCUT2D eigenvalue weighted by Crippen LogP contribution is -2.20. The van der Waals surface area contributed by atoms with E-state index in [9.17, 15) is 0 Å². The van der Waals surface area contributed by atoms with Crippen LogP contribution < -0.4 is 15.9 Å². The summed E-state index contributed by atoms with van der Waals surface area (Å²) in [5.41, 5.74) is 5.19. The first-order valence-electron chi connectivity index (χ1n) is 10.9. The summed E-state index contributed by atoms with van der Waals surface area (Å²) in [7, 11) is 2.20. The van der Waals surface area contributed by atoms with Gasteiger partial charge in [-0.1, -0.05) is 103 Å². The number of rotatable bonds is 1. The van der Waals surface area contributed by atoms with Crippen LogP contribution in [-0.2, 0) is 18.9 Å². The van der Waals surface area contributed by atoms with E-state index in [0.29, 0.717) is 0 Å². The predicted octanol–water partition coefficient (Wildman–Crippen LogP) is 6.22. The molecule has 1 aromatic heterocycles. The van der Waals surface area contributed by atoms with Gasteiger partial charge in [0.05, 0.1) is 5.52 Å². The first kappa shape index (κ1) is 18.4. The van der Waals surface area contributed by atoms with Crippen LogP contribution in [0.1, 0.15) is 0 Å². The topological polar surface area (TPSA) is 4.93 Å². The number of aryl methyl sites for hydroxylation is 1. The lowest BCUT2D eigenvalue weighted by Gasteiger charge is -2.20. The molecule has 0 bridgehead atoms. The molecule has 1 atom stereocenters. The van der Waals surface area contributed by atoms with Crippen molar-refractivity contribution in [2.75, 3.05) is 0 Å². The van der Waals surface area contributed by atoms with E-state index in [-0.39, 0.29) is 0 Å². The third-order valence-corrected chi connectivity index (χ3v) is 11.9. The van der Waals surface area contributed by atoms with Crippen molar-refractivity contribution in [3.05, 3.63) is 103 Å². The average molecular weight is 446 g/mol. The summed E-state index contributed by atoms with van der Waals surface area (Å²) in [5.74, 6) is 0. The van der Waals surface area contributed by atoms with Crippen LogP contribution in [0.2, 0.25) is 0 Å². The van der Waals surface area contributed by atoms with Crippen molar-refractivity contribution in [3.63, 3.8) is 0 Å². The van der Waals surface area contributed by atoms with Crippen LogP contribution in [0.3, 0.4) is 0 Å². The second-order valence-electron chi connectivity index (χ2n) is 8.59. The molecule has 0 saturated carbocycles. The Bertz CT molecular complexity index is 1760. The van der Waals surface area contributed by atoms with Gasteiger partial charge in [-0.15, -0.1) is 0 Å². The van der Waals surface area contributed by atoms with Crippen LogP contribution in [0, 0.1) is 0 Å².